The van der Waals surface area contributed by atoms with Crippen LogP contribution in [0.15, 0.2) is 18.2 Å². The number of rotatable bonds is 7. The monoisotopic (exact) mass is 295 g/mol. The lowest BCUT2D eigenvalue weighted by Gasteiger charge is -2.27. The van der Waals surface area contributed by atoms with E-state index in [-0.39, 0.29) is 19.1 Å². The van der Waals surface area contributed by atoms with Crippen LogP contribution in [0, 0.1) is 0 Å². The van der Waals surface area contributed by atoms with Gasteiger partial charge < -0.3 is 24.6 Å². The summed E-state index contributed by atoms with van der Waals surface area (Å²) in [6.45, 7) is 1.53. The molecule has 0 saturated heterocycles. The van der Waals surface area contributed by atoms with Gasteiger partial charge in [0.25, 0.3) is 0 Å². The maximum atomic E-state index is 11.0. The van der Waals surface area contributed by atoms with Gasteiger partial charge in [-0.25, -0.2) is 0 Å². The van der Waals surface area contributed by atoms with Gasteiger partial charge in [0, 0.05) is 12.6 Å². The summed E-state index contributed by atoms with van der Waals surface area (Å²) in [4.78, 5) is 12.9. The Balaban J connectivity index is 2.09. The molecular formula is C15H21NO5. The number of nitrogens with zero attached hydrogens (tertiary/aromatic N) is 1. The predicted octanol–water partition coefficient (Wildman–Crippen LogP) is 0.768. The van der Waals surface area contributed by atoms with Crippen molar-refractivity contribution in [2.75, 3.05) is 33.4 Å². The number of ether oxygens (including phenoxy) is 2. The van der Waals surface area contributed by atoms with Crippen LogP contribution in [-0.4, -0.2) is 60.5 Å². The molecule has 0 spiro atoms. The molecule has 0 aromatic heterocycles. The third-order valence-corrected chi connectivity index (χ3v) is 3.56. The molecule has 1 heterocycles. The fourth-order valence-electron chi connectivity index (χ4n) is 2.41. The number of carboxylic acids is 1. The first-order chi connectivity index (χ1) is 10.1. The summed E-state index contributed by atoms with van der Waals surface area (Å²) in [5.41, 5.74) is 0.996. The molecule has 0 fully saturated rings. The standard InChI is InChI=1S/C15H21NO5/c1-16(4-5-17)12(10-15(18)19)8-11-2-3-13-14(9-11)21-7-6-20-13/h2-3,9,12,17H,4-8,10H2,1H3,(H,18,19). The van der Waals surface area contributed by atoms with Crippen molar-refractivity contribution in [2.24, 2.45) is 0 Å². The highest BCUT2D eigenvalue weighted by Gasteiger charge is 2.20. The highest BCUT2D eigenvalue weighted by Crippen LogP contribution is 2.31. The fraction of sp³-hybridized carbons (Fsp3) is 0.533. The molecule has 0 radical (unpaired) electrons. The molecule has 1 atom stereocenters. The third-order valence-electron chi connectivity index (χ3n) is 3.56. The topological polar surface area (TPSA) is 79.2 Å². The summed E-state index contributed by atoms with van der Waals surface area (Å²) in [7, 11) is 1.82. The maximum absolute atomic E-state index is 11.0. The smallest absolute Gasteiger partial charge is 0.304 e. The van der Waals surface area contributed by atoms with Crippen molar-refractivity contribution in [3.8, 4) is 11.5 Å². The summed E-state index contributed by atoms with van der Waals surface area (Å²) >= 11 is 0. The summed E-state index contributed by atoms with van der Waals surface area (Å²) in [6.07, 6.45) is 0.615. The van der Waals surface area contributed by atoms with Gasteiger partial charge in [0.05, 0.1) is 13.0 Å². The van der Waals surface area contributed by atoms with Gasteiger partial charge in [0.2, 0.25) is 0 Å². The zero-order chi connectivity index (χ0) is 15.2. The minimum atomic E-state index is -0.845. The molecule has 1 aliphatic rings. The summed E-state index contributed by atoms with van der Waals surface area (Å²) < 4.78 is 11.0. The number of hydrogen-bond acceptors (Lipinski definition) is 5. The number of likely N-dealkylation sites (N-methyl/N-ethyl adjacent to an activating group) is 1. The van der Waals surface area contributed by atoms with E-state index in [4.69, 9.17) is 19.7 Å². The summed E-state index contributed by atoms with van der Waals surface area (Å²) in [6, 6.07) is 5.51. The van der Waals surface area contributed by atoms with Crippen molar-refractivity contribution in [1.29, 1.82) is 0 Å². The number of benzene rings is 1. The van der Waals surface area contributed by atoms with Gasteiger partial charge in [-0.1, -0.05) is 6.07 Å². The minimum Gasteiger partial charge on any atom is -0.486 e. The molecule has 6 heteroatoms. The van der Waals surface area contributed by atoms with E-state index < -0.39 is 5.97 Å². The van der Waals surface area contributed by atoms with E-state index in [0.717, 1.165) is 11.3 Å². The Morgan fingerprint density at radius 2 is 2.05 bits per heavy atom. The molecule has 1 aromatic carbocycles. The quantitative estimate of drug-likeness (QED) is 0.773. The van der Waals surface area contributed by atoms with Crippen LogP contribution in [0.4, 0.5) is 0 Å². The van der Waals surface area contributed by atoms with Crippen molar-refractivity contribution in [3.05, 3.63) is 23.8 Å². The van der Waals surface area contributed by atoms with Crippen LogP contribution in [0.25, 0.3) is 0 Å². The van der Waals surface area contributed by atoms with Crippen molar-refractivity contribution < 1.29 is 24.5 Å². The molecule has 0 bridgehead atoms. The number of aliphatic hydroxyl groups excluding tert-OH is 1. The first-order valence-corrected chi connectivity index (χ1v) is 7.01. The molecular weight excluding hydrogens is 274 g/mol. The van der Waals surface area contributed by atoms with Gasteiger partial charge >= 0.3 is 5.97 Å². The number of carboxylic acid groups (broad SMARTS) is 1. The number of fused-ring (bicyclic) bond motifs is 1. The lowest BCUT2D eigenvalue weighted by molar-refractivity contribution is -0.138. The highest BCUT2D eigenvalue weighted by molar-refractivity contribution is 5.67. The lowest BCUT2D eigenvalue weighted by Crippen LogP contribution is -2.37. The van der Waals surface area contributed by atoms with Gasteiger partial charge in [-0.05, 0) is 31.2 Å². The van der Waals surface area contributed by atoms with Crippen LogP contribution in [0.1, 0.15) is 12.0 Å². The second-order valence-corrected chi connectivity index (χ2v) is 5.14. The van der Waals surface area contributed by atoms with Crippen molar-refractivity contribution in [2.45, 2.75) is 18.9 Å². The molecule has 2 N–H and O–H groups in total. The van der Waals surface area contributed by atoms with Gasteiger partial charge in [-0.2, -0.15) is 0 Å². The second kappa shape index (κ2) is 7.28. The Labute approximate surface area is 123 Å². The first kappa shape index (κ1) is 15.6. The van der Waals surface area contributed by atoms with E-state index in [0.29, 0.717) is 31.9 Å². The number of carbonyl (C=O) groups is 1. The Morgan fingerprint density at radius 3 is 2.71 bits per heavy atom. The lowest BCUT2D eigenvalue weighted by atomic mass is 10.0. The molecule has 1 aliphatic heterocycles. The molecule has 1 aromatic rings. The van der Waals surface area contributed by atoms with Crippen molar-refractivity contribution in [1.82, 2.24) is 4.90 Å². The van der Waals surface area contributed by atoms with Crippen LogP contribution in [-0.2, 0) is 11.2 Å². The van der Waals surface area contributed by atoms with E-state index in [9.17, 15) is 4.79 Å². The van der Waals surface area contributed by atoms with Gasteiger partial charge in [0.1, 0.15) is 13.2 Å². The average molecular weight is 295 g/mol. The molecule has 0 aliphatic carbocycles. The van der Waals surface area contributed by atoms with Crippen LogP contribution in [0.2, 0.25) is 0 Å². The Hall–Kier alpha value is -1.79. The Bertz CT molecular complexity index is 491. The molecule has 21 heavy (non-hydrogen) atoms. The predicted molar refractivity (Wildman–Crippen MR) is 76.9 cm³/mol. The largest absolute Gasteiger partial charge is 0.486 e. The van der Waals surface area contributed by atoms with Gasteiger partial charge in [-0.3, -0.25) is 4.79 Å². The first-order valence-electron chi connectivity index (χ1n) is 7.01. The summed E-state index contributed by atoms with van der Waals surface area (Å²) in [5, 5.41) is 18.1. The molecule has 6 nitrogen and oxygen atoms in total. The molecule has 2 rings (SSSR count). The van der Waals surface area contributed by atoms with Crippen molar-refractivity contribution in [3.63, 3.8) is 0 Å². The van der Waals surface area contributed by atoms with Crippen LogP contribution >= 0.6 is 0 Å². The zero-order valence-electron chi connectivity index (χ0n) is 12.1. The Kier molecular flexibility index (Phi) is 5.41. The van der Waals surface area contributed by atoms with E-state index in [2.05, 4.69) is 0 Å². The SMILES string of the molecule is CN(CCO)C(CC(=O)O)Cc1ccc2c(c1)OCCO2. The van der Waals surface area contributed by atoms with Crippen LogP contribution in [0.3, 0.4) is 0 Å². The van der Waals surface area contributed by atoms with Crippen LogP contribution in [0.5, 0.6) is 11.5 Å². The van der Waals surface area contributed by atoms with Crippen LogP contribution < -0.4 is 9.47 Å². The molecule has 0 amide bonds. The normalized spacial score (nSPS) is 15.0. The van der Waals surface area contributed by atoms with E-state index in [1.807, 2.05) is 30.1 Å². The zero-order valence-corrected chi connectivity index (χ0v) is 12.1. The average Bonchev–Trinajstić information content (AvgIpc) is 2.46. The molecule has 116 valence electrons. The summed E-state index contributed by atoms with van der Waals surface area (Å²) in [5.74, 6) is 0.587. The Morgan fingerprint density at radius 1 is 1.33 bits per heavy atom. The van der Waals surface area contributed by atoms with Gasteiger partial charge in [0.15, 0.2) is 11.5 Å². The van der Waals surface area contributed by atoms with E-state index in [1.54, 1.807) is 0 Å². The fourth-order valence-corrected chi connectivity index (χ4v) is 2.41. The number of aliphatic carboxylic acids is 1. The van der Waals surface area contributed by atoms with Gasteiger partial charge in [-0.15, -0.1) is 0 Å². The van der Waals surface area contributed by atoms with E-state index in [1.165, 1.54) is 0 Å². The molecule has 0 saturated carbocycles. The van der Waals surface area contributed by atoms with E-state index >= 15 is 0 Å². The number of hydrogen-bond donors (Lipinski definition) is 2. The number of aliphatic hydroxyl groups is 1. The highest BCUT2D eigenvalue weighted by atomic mass is 16.6. The van der Waals surface area contributed by atoms with Crippen molar-refractivity contribution >= 4 is 5.97 Å². The minimum absolute atomic E-state index is 0.00770. The maximum Gasteiger partial charge on any atom is 0.304 e. The second-order valence-electron chi connectivity index (χ2n) is 5.14. The third kappa shape index (κ3) is 4.34. The molecule has 1 unspecified atom stereocenters.